The van der Waals surface area contributed by atoms with Gasteiger partial charge in [0.25, 0.3) is 0 Å². The Labute approximate surface area is 136 Å². The van der Waals surface area contributed by atoms with Crippen LogP contribution >= 0.6 is 23.4 Å². The summed E-state index contributed by atoms with van der Waals surface area (Å²) in [5, 5.41) is 3.41. The molecule has 1 N–H and O–H groups in total. The van der Waals surface area contributed by atoms with Crippen molar-refractivity contribution in [3.63, 3.8) is 0 Å². The maximum Gasteiger partial charge on any atom is 0.230 e. The molecule has 2 rings (SSSR count). The van der Waals surface area contributed by atoms with Gasteiger partial charge >= 0.3 is 0 Å². The molecule has 2 nitrogen and oxygen atoms in total. The maximum absolute atomic E-state index is 13.1. The molecule has 0 saturated heterocycles. The Morgan fingerprint density at radius 3 is 2.64 bits per heavy atom. The van der Waals surface area contributed by atoms with Crippen molar-refractivity contribution in [1.29, 1.82) is 0 Å². The first-order valence-corrected chi connectivity index (χ1v) is 7.95. The first-order chi connectivity index (χ1) is 10.5. The van der Waals surface area contributed by atoms with Crippen LogP contribution in [0.1, 0.15) is 18.5 Å². The molecule has 0 fully saturated rings. The zero-order valence-electron chi connectivity index (χ0n) is 11.8. The quantitative estimate of drug-likeness (QED) is 0.806. The molecule has 116 valence electrons. The van der Waals surface area contributed by atoms with Gasteiger partial charge in [-0.05, 0) is 36.8 Å². The van der Waals surface area contributed by atoms with E-state index in [9.17, 15) is 13.6 Å². The highest BCUT2D eigenvalue weighted by Gasteiger charge is 2.12. The highest BCUT2D eigenvalue weighted by molar-refractivity contribution is 8.00. The van der Waals surface area contributed by atoms with E-state index in [4.69, 9.17) is 11.6 Å². The topological polar surface area (TPSA) is 29.1 Å². The molecule has 22 heavy (non-hydrogen) atoms. The van der Waals surface area contributed by atoms with E-state index >= 15 is 0 Å². The molecule has 0 heterocycles. The van der Waals surface area contributed by atoms with Crippen molar-refractivity contribution in [2.24, 2.45) is 0 Å². The average molecular weight is 342 g/mol. The third kappa shape index (κ3) is 4.45. The minimum absolute atomic E-state index is 0.111. The Bertz CT molecular complexity index is 681. The minimum atomic E-state index is -0.921. The highest BCUT2D eigenvalue weighted by Crippen LogP contribution is 2.23. The van der Waals surface area contributed by atoms with Gasteiger partial charge < -0.3 is 5.32 Å². The van der Waals surface area contributed by atoms with Gasteiger partial charge in [-0.25, -0.2) is 8.78 Å². The van der Waals surface area contributed by atoms with Crippen molar-refractivity contribution in [1.82, 2.24) is 5.32 Å². The molecule has 0 unspecified atom stereocenters. The van der Waals surface area contributed by atoms with E-state index in [2.05, 4.69) is 5.32 Å². The van der Waals surface area contributed by atoms with E-state index in [0.29, 0.717) is 9.92 Å². The first-order valence-electron chi connectivity index (χ1n) is 6.59. The molecule has 2 aromatic rings. The van der Waals surface area contributed by atoms with E-state index in [0.717, 1.165) is 29.5 Å². The van der Waals surface area contributed by atoms with E-state index < -0.39 is 11.6 Å². The number of benzene rings is 2. The van der Waals surface area contributed by atoms with Crippen LogP contribution in [-0.4, -0.2) is 11.7 Å². The second-order valence-electron chi connectivity index (χ2n) is 4.68. The van der Waals surface area contributed by atoms with Gasteiger partial charge in [0.05, 0.1) is 11.8 Å². The Kier molecular flexibility index (Phi) is 5.80. The molecule has 0 bridgehead atoms. The number of rotatable bonds is 5. The van der Waals surface area contributed by atoms with Crippen LogP contribution in [0.4, 0.5) is 8.78 Å². The summed E-state index contributed by atoms with van der Waals surface area (Å²) in [5.41, 5.74) is 0.829. The molecule has 1 amide bonds. The van der Waals surface area contributed by atoms with Crippen LogP contribution in [0.3, 0.4) is 0 Å². The molecule has 0 aromatic heterocycles. The fraction of sp³-hybridized carbons (Fsp3) is 0.188. The molecule has 1 atom stereocenters. The van der Waals surface area contributed by atoms with Gasteiger partial charge in [-0.2, -0.15) is 0 Å². The van der Waals surface area contributed by atoms with Crippen LogP contribution in [-0.2, 0) is 4.79 Å². The summed E-state index contributed by atoms with van der Waals surface area (Å²) < 4.78 is 25.9. The molecule has 0 spiro atoms. The zero-order valence-corrected chi connectivity index (χ0v) is 13.3. The van der Waals surface area contributed by atoms with Crippen LogP contribution in [0.25, 0.3) is 0 Å². The van der Waals surface area contributed by atoms with Crippen LogP contribution in [0, 0.1) is 11.6 Å². The predicted octanol–water partition coefficient (Wildman–Crippen LogP) is 4.59. The molecular formula is C16H14ClF2NOS. The zero-order chi connectivity index (χ0) is 16.1. The summed E-state index contributed by atoms with van der Waals surface area (Å²) in [7, 11) is 0. The smallest absolute Gasteiger partial charge is 0.230 e. The summed E-state index contributed by atoms with van der Waals surface area (Å²) in [6, 6.07) is 10.6. The van der Waals surface area contributed by atoms with E-state index in [-0.39, 0.29) is 17.7 Å². The normalized spacial score (nSPS) is 12.0. The summed E-state index contributed by atoms with van der Waals surface area (Å²) in [4.78, 5) is 12.4. The molecule has 0 aliphatic heterocycles. The second-order valence-corrected chi connectivity index (χ2v) is 6.13. The first kappa shape index (κ1) is 16.8. The molecule has 0 saturated carbocycles. The van der Waals surface area contributed by atoms with Crippen molar-refractivity contribution in [2.45, 2.75) is 17.9 Å². The average Bonchev–Trinajstić information content (AvgIpc) is 2.49. The largest absolute Gasteiger partial charge is 0.349 e. The minimum Gasteiger partial charge on any atom is -0.349 e. The Morgan fingerprint density at radius 1 is 1.23 bits per heavy atom. The molecular weight excluding hydrogens is 328 g/mol. The standard InChI is InChI=1S/C16H14ClF2NOS/c1-10(12-4-2-3-5-13(12)17)20-16(21)9-22-11-6-7-14(18)15(19)8-11/h2-8,10H,9H2,1H3,(H,20,21)/t10-/m1/s1. The number of nitrogens with one attached hydrogen (secondary N) is 1. The van der Waals surface area contributed by atoms with Crippen LogP contribution in [0.2, 0.25) is 5.02 Å². The van der Waals surface area contributed by atoms with Crippen molar-refractivity contribution >= 4 is 29.3 Å². The van der Waals surface area contributed by atoms with Crippen LogP contribution in [0.15, 0.2) is 47.4 Å². The SMILES string of the molecule is C[C@@H](NC(=O)CSc1ccc(F)c(F)c1)c1ccccc1Cl. The highest BCUT2D eigenvalue weighted by atomic mass is 35.5. The van der Waals surface area contributed by atoms with Gasteiger partial charge in [-0.1, -0.05) is 29.8 Å². The summed E-state index contributed by atoms with van der Waals surface area (Å²) in [6.45, 7) is 1.83. The summed E-state index contributed by atoms with van der Waals surface area (Å²) in [5.74, 6) is -1.92. The molecule has 2 aromatic carbocycles. The van der Waals surface area contributed by atoms with Gasteiger partial charge in [0, 0.05) is 9.92 Å². The summed E-state index contributed by atoms with van der Waals surface area (Å²) >= 11 is 7.22. The fourth-order valence-corrected chi connectivity index (χ4v) is 2.93. The number of halogens is 3. The number of carbonyl (C=O) groups is 1. The van der Waals surface area contributed by atoms with Crippen LogP contribution in [0.5, 0.6) is 0 Å². The lowest BCUT2D eigenvalue weighted by atomic mass is 10.1. The second kappa shape index (κ2) is 7.61. The third-order valence-electron chi connectivity index (χ3n) is 3.01. The van der Waals surface area contributed by atoms with Gasteiger partial charge in [-0.3, -0.25) is 4.79 Å². The van der Waals surface area contributed by atoms with Crippen LogP contribution < -0.4 is 5.32 Å². The van der Waals surface area contributed by atoms with Crippen molar-refractivity contribution in [2.75, 3.05) is 5.75 Å². The number of amides is 1. The summed E-state index contributed by atoms with van der Waals surface area (Å²) in [6.07, 6.45) is 0. The molecule has 6 heteroatoms. The van der Waals surface area contributed by atoms with E-state index in [1.807, 2.05) is 25.1 Å². The van der Waals surface area contributed by atoms with E-state index in [1.165, 1.54) is 6.07 Å². The van der Waals surface area contributed by atoms with Crippen molar-refractivity contribution in [3.05, 3.63) is 64.7 Å². The number of hydrogen-bond acceptors (Lipinski definition) is 2. The monoisotopic (exact) mass is 341 g/mol. The number of carbonyl (C=O) groups excluding carboxylic acids is 1. The fourth-order valence-electron chi connectivity index (χ4n) is 1.90. The van der Waals surface area contributed by atoms with Gasteiger partial charge in [0.1, 0.15) is 0 Å². The third-order valence-corrected chi connectivity index (χ3v) is 4.35. The molecule has 0 aliphatic carbocycles. The number of hydrogen-bond donors (Lipinski definition) is 1. The Hall–Kier alpha value is -1.59. The Morgan fingerprint density at radius 2 is 1.95 bits per heavy atom. The predicted molar refractivity (Wildman–Crippen MR) is 85.1 cm³/mol. The van der Waals surface area contributed by atoms with E-state index in [1.54, 1.807) is 6.07 Å². The molecule has 0 aliphatic rings. The number of thioether (sulfide) groups is 1. The molecule has 0 radical (unpaired) electrons. The lowest BCUT2D eigenvalue weighted by molar-refractivity contribution is -0.119. The van der Waals surface area contributed by atoms with Crippen molar-refractivity contribution in [3.8, 4) is 0 Å². The lowest BCUT2D eigenvalue weighted by Gasteiger charge is -2.15. The Balaban J connectivity index is 1.90. The van der Waals surface area contributed by atoms with Gasteiger partial charge in [0.15, 0.2) is 11.6 Å². The lowest BCUT2D eigenvalue weighted by Crippen LogP contribution is -2.28. The van der Waals surface area contributed by atoms with Gasteiger partial charge in [-0.15, -0.1) is 11.8 Å². The van der Waals surface area contributed by atoms with Crippen molar-refractivity contribution < 1.29 is 13.6 Å². The van der Waals surface area contributed by atoms with Gasteiger partial charge in [0.2, 0.25) is 5.91 Å². The maximum atomic E-state index is 13.1.